The molecule has 0 saturated carbocycles. The summed E-state index contributed by atoms with van der Waals surface area (Å²) in [7, 11) is 1.45. The van der Waals surface area contributed by atoms with Crippen molar-refractivity contribution in [3.05, 3.63) is 34.4 Å². The molecule has 0 atom stereocenters. The minimum Gasteiger partial charge on any atom is -0.507 e. The van der Waals surface area contributed by atoms with Crippen molar-refractivity contribution in [3.8, 4) is 5.75 Å². The van der Waals surface area contributed by atoms with E-state index in [1.165, 1.54) is 14.0 Å². The number of Topliss-reactive ketones (excluding diaryl/α,β-unsaturated/α-hetero) is 2. The molecule has 0 heterocycles. The minimum atomic E-state index is -0.661. The average molecular weight is 232 g/mol. The second kappa shape index (κ2) is 3.73. The lowest BCUT2D eigenvalue weighted by atomic mass is 9.86. The van der Waals surface area contributed by atoms with E-state index in [4.69, 9.17) is 4.74 Å². The molecule has 1 N–H and O–H groups in total. The molecule has 88 valence electrons. The van der Waals surface area contributed by atoms with Gasteiger partial charge in [-0.3, -0.25) is 9.59 Å². The zero-order valence-electron chi connectivity index (χ0n) is 9.83. The number of fused-ring (bicyclic) bond motifs is 1. The zero-order valence-corrected chi connectivity index (χ0v) is 9.83. The van der Waals surface area contributed by atoms with E-state index >= 15 is 0 Å². The van der Waals surface area contributed by atoms with Crippen LogP contribution in [0, 0.1) is 6.92 Å². The summed E-state index contributed by atoms with van der Waals surface area (Å²) in [5.41, 5.74) is 1.26. The highest BCUT2D eigenvalue weighted by atomic mass is 16.5. The molecule has 0 fully saturated rings. The third-order valence-corrected chi connectivity index (χ3v) is 2.96. The van der Waals surface area contributed by atoms with E-state index in [0.717, 1.165) is 0 Å². The minimum absolute atomic E-state index is 0.0615. The van der Waals surface area contributed by atoms with Crippen molar-refractivity contribution in [2.24, 2.45) is 0 Å². The number of allylic oxidation sites excluding steroid dienone is 1. The summed E-state index contributed by atoms with van der Waals surface area (Å²) in [6.07, 6.45) is 0. The highest BCUT2D eigenvalue weighted by Gasteiger charge is 2.33. The number of hydrogen-bond donors (Lipinski definition) is 1. The number of carbonyl (C=O) groups is 2. The van der Waals surface area contributed by atoms with Crippen LogP contribution in [0.4, 0.5) is 0 Å². The van der Waals surface area contributed by atoms with Gasteiger partial charge >= 0.3 is 0 Å². The van der Waals surface area contributed by atoms with Gasteiger partial charge in [0.25, 0.3) is 0 Å². The first-order chi connectivity index (χ1) is 7.99. The van der Waals surface area contributed by atoms with Crippen LogP contribution in [0.5, 0.6) is 5.75 Å². The standard InChI is InChI=1S/C13H12O4/c1-6-4-5-8(17-3)10-9(6)13(16)12(15)7(2)11(10)14/h4-5,14H,1-3H3. The number of aliphatic hydroxyl groups excluding tert-OH is 1. The van der Waals surface area contributed by atoms with E-state index < -0.39 is 11.6 Å². The van der Waals surface area contributed by atoms with Gasteiger partial charge in [-0.1, -0.05) is 6.07 Å². The third-order valence-electron chi connectivity index (χ3n) is 2.96. The Bertz CT molecular complexity index is 567. The molecular weight excluding hydrogens is 220 g/mol. The van der Waals surface area contributed by atoms with Gasteiger partial charge in [-0.05, 0) is 25.5 Å². The van der Waals surface area contributed by atoms with Crippen LogP contribution in [0.15, 0.2) is 17.7 Å². The second-order valence-electron chi connectivity index (χ2n) is 3.97. The van der Waals surface area contributed by atoms with Crippen LogP contribution in [-0.2, 0) is 4.79 Å². The Morgan fingerprint density at radius 3 is 2.29 bits per heavy atom. The average Bonchev–Trinajstić information content (AvgIpc) is 2.33. The Balaban J connectivity index is 2.88. The summed E-state index contributed by atoms with van der Waals surface area (Å²) in [6, 6.07) is 3.36. The van der Waals surface area contributed by atoms with E-state index in [-0.39, 0.29) is 16.9 Å². The van der Waals surface area contributed by atoms with Gasteiger partial charge in [0.15, 0.2) is 0 Å². The molecule has 0 unspecified atom stereocenters. The fourth-order valence-corrected chi connectivity index (χ4v) is 1.96. The summed E-state index contributed by atoms with van der Waals surface area (Å²) >= 11 is 0. The molecule has 2 rings (SSSR count). The highest BCUT2D eigenvalue weighted by molar-refractivity contribution is 6.52. The van der Waals surface area contributed by atoms with E-state index in [2.05, 4.69) is 0 Å². The molecule has 4 nitrogen and oxygen atoms in total. The van der Waals surface area contributed by atoms with Gasteiger partial charge in [0.05, 0.1) is 12.7 Å². The van der Waals surface area contributed by atoms with E-state index in [1.54, 1.807) is 19.1 Å². The number of aliphatic hydroxyl groups is 1. The van der Waals surface area contributed by atoms with Crippen LogP contribution in [-0.4, -0.2) is 23.8 Å². The zero-order chi connectivity index (χ0) is 12.7. The van der Waals surface area contributed by atoms with E-state index in [0.29, 0.717) is 16.9 Å². The summed E-state index contributed by atoms with van der Waals surface area (Å²) in [4.78, 5) is 23.6. The van der Waals surface area contributed by atoms with Gasteiger partial charge in [0.1, 0.15) is 11.5 Å². The second-order valence-corrected chi connectivity index (χ2v) is 3.97. The first kappa shape index (κ1) is 11.4. The van der Waals surface area contributed by atoms with Crippen LogP contribution >= 0.6 is 0 Å². The largest absolute Gasteiger partial charge is 0.507 e. The van der Waals surface area contributed by atoms with Crippen molar-refractivity contribution in [1.82, 2.24) is 0 Å². The number of benzene rings is 1. The fraction of sp³-hybridized carbons (Fsp3) is 0.231. The smallest absolute Gasteiger partial charge is 0.234 e. The van der Waals surface area contributed by atoms with Crippen molar-refractivity contribution >= 4 is 17.3 Å². The first-order valence-corrected chi connectivity index (χ1v) is 5.15. The molecule has 0 spiro atoms. The van der Waals surface area contributed by atoms with Crippen LogP contribution in [0.2, 0.25) is 0 Å². The lowest BCUT2D eigenvalue weighted by Gasteiger charge is -2.19. The molecule has 0 bridgehead atoms. The van der Waals surface area contributed by atoms with Crippen LogP contribution < -0.4 is 4.74 Å². The van der Waals surface area contributed by atoms with Gasteiger partial charge < -0.3 is 9.84 Å². The van der Waals surface area contributed by atoms with Gasteiger partial charge in [0, 0.05) is 11.1 Å². The fourth-order valence-electron chi connectivity index (χ4n) is 1.96. The number of ether oxygens (including phenoxy) is 1. The molecule has 0 aromatic heterocycles. The molecule has 0 amide bonds. The number of ketones is 2. The van der Waals surface area contributed by atoms with Crippen LogP contribution in [0.25, 0.3) is 5.76 Å². The number of aryl methyl sites for hydroxylation is 1. The molecule has 1 aromatic carbocycles. The topological polar surface area (TPSA) is 63.6 Å². The predicted molar refractivity (Wildman–Crippen MR) is 62.3 cm³/mol. The monoisotopic (exact) mass is 232 g/mol. The Morgan fingerprint density at radius 2 is 1.71 bits per heavy atom. The summed E-state index contributed by atoms with van der Waals surface area (Å²) in [5.74, 6) is -1.04. The molecule has 4 heteroatoms. The Hall–Kier alpha value is -2.10. The maximum Gasteiger partial charge on any atom is 0.234 e. The number of hydrogen-bond acceptors (Lipinski definition) is 4. The summed E-state index contributed by atoms with van der Waals surface area (Å²) in [5, 5.41) is 9.98. The first-order valence-electron chi connectivity index (χ1n) is 5.15. The maximum atomic E-state index is 11.9. The van der Waals surface area contributed by atoms with Crippen molar-refractivity contribution in [2.45, 2.75) is 13.8 Å². The predicted octanol–water partition coefficient (Wildman–Crippen LogP) is 2.06. The third kappa shape index (κ3) is 1.45. The van der Waals surface area contributed by atoms with Crippen molar-refractivity contribution < 1.29 is 19.4 Å². The van der Waals surface area contributed by atoms with Crippen molar-refractivity contribution in [1.29, 1.82) is 0 Å². The molecule has 17 heavy (non-hydrogen) atoms. The lowest BCUT2D eigenvalue weighted by Crippen LogP contribution is -2.24. The van der Waals surface area contributed by atoms with Gasteiger partial charge in [-0.15, -0.1) is 0 Å². The molecule has 1 aliphatic rings. The molecule has 1 aliphatic carbocycles. The molecule has 0 saturated heterocycles. The van der Waals surface area contributed by atoms with Crippen molar-refractivity contribution in [3.63, 3.8) is 0 Å². The molecule has 0 aliphatic heterocycles. The van der Waals surface area contributed by atoms with E-state index in [1.807, 2.05) is 0 Å². The molecule has 1 aromatic rings. The normalized spacial score (nSPS) is 15.0. The Morgan fingerprint density at radius 1 is 1.06 bits per heavy atom. The summed E-state index contributed by atoms with van der Waals surface area (Å²) < 4.78 is 5.11. The maximum absolute atomic E-state index is 11.9. The lowest BCUT2D eigenvalue weighted by molar-refractivity contribution is -0.111. The highest BCUT2D eigenvalue weighted by Crippen LogP contribution is 2.36. The quantitative estimate of drug-likeness (QED) is 0.753. The SMILES string of the molecule is COc1ccc(C)c2c1C(O)=C(C)C(=O)C2=O. The number of rotatable bonds is 1. The van der Waals surface area contributed by atoms with Gasteiger partial charge in [0.2, 0.25) is 11.6 Å². The number of methoxy groups -OCH3 is 1. The van der Waals surface area contributed by atoms with Crippen molar-refractivity contribution in [2.75, 3.05) is 7.11 Å². The Kier molecular flexibility index (Phi) is 2.50. The molecular formula is C13H12O4. The van der Waals surface area contributed by atoms with E-state index in [9.17, 15) is 14.7 Å². The van der Waals surface area contributed by atoms with Gasteiger partial charge in [-0.2, -0.15) is 0 Å². The Labute approximate surface area is 98.5 Å². The van der Waals surface area contributed by atoms with Gasteiger partial charge in [-0.25, -0.2) is 0 Å². The summed E-state index contributed by atoms with van der Waals surface area (Å²) in [6.45, 7) is 3.15. The van der Waals surface area contributed by atoms with Crippen LogP contribution in [0.1, 0.15) is 28.4 Å². The van der Waals surface area contributed by atoms with Crippen LogP contribution in [0.3, 0.4) is 0 Å². The number of carbonyl (C=O) groups excluding carboxylic acids is 2. The molecule has 0 radical (unpaired) electrons.